The topological polar surface area (TPSA) is 89.5 Å². The highest BCUT2D eigenvalue weighted by Gasteiger charge is 2.38. The summed E-state index contributed by atoms with van der Waals surface area (Å²) in [5, 5.41) is 2.79. The number of hydrogen-bond donors (Lipinski definition) is 1. The Morgan fingerprint density at radius 1 is 1.03 bits per heavy atom. The molecule has 1 N–H and O–H groups in total. The van der Waals surface area contributed by atoms with Crippen LogP contribution in [0.25, 0.3) is 0 Å². The zero-order valence-electron chi connectivity index (χ0n) is 16.0. The van der Waals surface area contributed by atoms with E-state index < -0.39 is 39.0 Å². The van der Waals surface area contributed by atoms with Crippen LogP contribution in [0.3, 0.4) is 0 Å². The molecule has 1 fully saturated rings. The van der Waals surface area contributed by atoms with Crippen LogP contribution in [0.15, 0.2) is 59.5 Å². The maximum Gasteiger partial charge on any atom is 0.341 e. The van der Waals surface area contributed by atoms with Gasteiger partial charge < -0.3 is 10.1 Å². The molecular weight excluding hydrogens is 416 g/mol. The summed E-state index contributed by atoms with van der Waals surface area (Å²) >= 11 is 0. The lowest BCUT2D eigenvalue weighted by Gasteiger charge is -2.42. The van der Waals surface area contributed by atoms with Crippen LogP contribution in [0, 0.1) is 0 Å². The Morgan fingerprint density at radius 3 is 2.20 bits per heavy atom. The van der Waals surface area contributed by atoms with Crippen LogP contribution in [-0.4, -0.2) is 39.2 Å². The van der Waals surface area contributed by atoms with Gasteiger partial charge in [-0.1, -0.05) is 36.8 Å². The van der Waals surface area contributed by atoms with E-state index >= 15 is 0 Å². The molecule has 0 aromatic heterocycles. The molecule has 30 heavy (non-hydrogen) atoms. The molecule has 0 heterocycles. The van der Waals surface area contributed by atoms with Crippen molar-refractivity contribution in [2.45, 2.75) is 35.3 Å². The van der Waals surface area contributed by atoms with Gasteiger partial charge in [0, 0.05) is 12.0 Å². The zero-order valence-corrected chi connectivity index (χ0v) is 16.8. The standard InChI is InChI=1S/C21H21F2NO5S/c22-20(23)30(27,28)17-9-7-15(8-10-17)19(26)29-13-18(25)24-14-21(11-4-12-21)16-5-2-1-3-6-16/h1-3,5-10,20H,4,11-14H2,(H,24,25). The van der Waals surface area contributed by atoms with Crippen LogP contribution in [0.1, 0.15) is 35.2 Å². The predicted molar refractivity (Wildman–Crippen MR) is 105 cm³/mol. The van der Waals surface area contributed by atoms with Crippen LogP contribution < -0.4 is 5.32 Å². The van der Waals surface area contributed by atoms with Gasteiger partial charge in [0.1, 0.15) is 0 Å². The van der Waals surface area contributed by atoms with E-state index in [1.54, 1.807) is 0 Å². The molecule has 2 aromatic rings. The van der Waals surface area contributed by atoms with Gasteiger partial charge in [-0.05, 0) is 42.7 Å². The molecule has 160 valence electrons. The first-order valence-electron chi connectivity index (χ1n) is 9.36. The fraction of sp³-hybridized carbons (Fsp3) is 0.333. The van der Waals surface area contributed by atoms with E-state index in [1.807, 2.05) is 30.3 Å². The number of rotatable bonds is 8. The number of nitrogens with one attached hydrogen (secondary N) is 1. The van der Waals surface area contributed by atoms with Crippen LogP contribution in [0.4, 0.5) is 8.78 Å². The number of carbonyl (C=O) groups excluding carboxylic acids is 2. The number of hydrogen-bond acceptors (Lipinski definition) is 5. The maximum atomic E-state index is 12.5. The second-order valence-electron chi connectivity index (χ2n) is 7.18. The third-order valence-corrected chi connectivity index (χ3v) is 6.71. The van der Waals surface area contributed by atoms with Crippen LogP contribution >= 0.6 is 0 Å². The van der Waals surface area contributed by atoms with Crippen molar-refractivity contribution in [3.63, 3.8) is 0 Å². The molecule has 1 saturated carbocycles. The number of esters is 1. The highest BCUT2D eigenvalue weighted by molar-refractivity contribution is 7.91. The normalized spacial score (nSPS) is 15.3. The summed E-state index contributed by atoms with van der Waals surface area (Å²) in [6.07, 6.45) is 3.01. The van der Waals surface area contributed by atoms with Gasteiger partial charge in [0.15, 0.2) is 6.61 Å². The molecule has 1 amide bonds. The van der Waals surface area contributed by atoms with Crippen molar-refractivity contribution in [3.05, 3.63) is 65.7 Å². The fourth-order valence-corrected chi connectivity index (χ4v) is 4.10. The summed E-state index contributed by atoms with van der Waals surface area (Å²) in [5.41, 5.74) is 1.01. The second-order valence-corrected chi connectivity index (χ2v) is 9.10. The molecule has 2 aromatic carbocycles. The highest BCUT2D eigenvalue weighted by atomic mass is 32.2. The molecule has 0 atom stereocenters. The van der Waals surface area contributed by atoms with E-state index in [9.17, 15) is 26.8 Å². The van der Waals surface area contributed by atoms with Gasteiger partial charge in [-0.25, -0.2) is 13.2 Å². The number of benzene rings is 2. The smallest absolute Gasteiger partial charge is 0.341 e. The Bertz CT molecular complexity index is 1000. The maximum absolute atomic E-state index is 12.5. The van der Waals surface area contributed by atoms with Crippen molar-refractivity contribution >= 4 is 21.7 Å². The minimum atomic E-state index is -4.74. The first-order valence-corrected chi connectivity index (χ1v) is 10.9. The van der Waals surface area contributed by atoms with Crippen molar-refractivity contribution in [2.75, 3.05) is 13.2 Å². The summed E-state index contributed by atoms with van der Waals surface area (Å²) in [7, 11) is -4.74. The van der Waals surface area contributed by atoms with Crippen molar-refractivity contribution in [1.29, 1.82) is 0 Å². The Morgan fingerprint density at radius 2 is 1.67 bits per heavy atom. The quantitative estimate of drug-likeness (QED) is 0.641. The number of carbonyl (C=O) groups is 2. The third kappa shape index (κ3) is 4.67. The molecular formula is C21H21F2NO5S. The van der Waals surface area contributed by atoms with E-state index in [0.717, 1.165) is 49.1 Å². The summed E-state index contributed by atoms with van der Waals surface area (Å²) < 4.78 is 52.8. The van der Waals surface area contributed by atoms with Gasteiger partial charge in [0.05, 0.1) is 10.5 Å². The van der Waals surface area contributed by atoms with Gasteiger partial charge in [0.25, 0.3) is 5.91 Å². The summed E-state index contributed by atoms with van der Waals surface area (Å²) in [5.74, 6) is -4.86. The lowest BCUT2D eigenvalue weighted by atomic mass is 9.64. The Balaban J connectivity index is 1.52. The molecule has 3 rings (SSSR count). The van der Waals surface area contributed by atoms with Crippen molar-refractivity contribution < 1.29 is 31.5 Å². The average Bonchev–Trinajstić information content (AvgIpc) is 2.72. The van der Waals surface area contributed by atoms with Gasteiger partial charge in [-0.15, -0.1) is 0 Å². The number of alkyl halides is 2. The van der Waals surface area contributed by atoms with Crippen molar-refractivity contribution in [2.24, 2.45) is 0 Å². The Hall–Kier alpha value is -2.81. The molecule has 0 aliphatic heterocycles. The highest BCUT2D eigenvalue weighted by Crippen LogP contribution is 2.43. The predicted octanol–water partition coefficient (Wildman–Crippen LogP) is 3.08. The van der Waals surface area contributed by atoms with Gasteiger partial charge in [-0.3, -0.25) is 4.79 Å². The lowest BCUT2D eigenvalue weighted by molar-refractivity contribution is -0.124. The Kier molecular flexibility index (Phi) is 6.50. The Labute approximate surface area is 173 Å². The minimum Gasteiger partial charge on any atom is -0.452 e. The number of sulfone groups is 1. The van der Waals surface area contributed by atoms with E-state index in [1.165, 1.54) is 0 Å². The number of ether oxygens (including phenoxy) is 1. The molecule has 1 aliphatic rings. The van der Waals surface area contributed by atoms with Crippen LogP contribution in [0.5, 0.6) is 0 Å². The van der Waals surface area contributed by atoms with Gasteiger partial charge in [-0.2, -0.15) is 8.78 Å². The molecule has 0 unspecified atom stereocenters. The molecule has 0 spiro atoms. The lowest BCUT2D eigenvalue weighted by Crippen LogP contribution is -2.46. The number of amides is 1. The third-order valence-electron chi connectivity index (χ3n) is 5.31. The van der Waals surface area contributed by atoms with Crippen LogP contribution in [-0.2, 0) is 24.8 Å². The fourth-order valence-electron chi connectivity index (χ4n) is 3.38. The first kappa shape index (κ1) is 21.9. The van der Waals surface area contributed by atoms with E-state index in [-0.39, 0.29) is 11.0 Å². The van der Waals surface area contributed by atoms with E-state index in [4.69, 9.17) is 4.74 Å². The van der Waals surface area contributed by atoms with Gasteiger partial charge in [0.2, 0.25) is 9.84 Å². The summed E-state index contributed by atoms with van der Waals surface area (Å²) in [6, 6.07) is 13.8. The van der Waals surface area contributed by atoms with Crippen molar-refractivity contribution in [1.82, 2.24) is 5.32 Å². The SMILES string of the molecule is O=C(COC(=O)c1ccc(S(=O)(=O)C(F)F)cc1)NCC1(c2ccccc2)CCC1. The largest absolute Gasteiger partial charge is 0.452 e. The summed E-state index contributed by atoms with van der Waals surface area (Å²) in [4.78, 5) is 23.5. The number of halogens is 2. The first-order chi connectivity index (χ1) is 14.2. The molecule has 6 nitrogen and oxygen atoms in total. The molecule has 0 radical (unpaired) electrons. The molecule has 9 heteroatoms. The molecule has 0 saturated heterocycles. The minimum absolute atomic E-state index is 0.0456. The average molecular weight is 437 g/mol. The van der Waals surface area contributed by atoms with E-state index in [0.29, 0.717) is 6.54 Å². The molecule has 0 bridgehead atoms. The second kappa shape index (κ2) is 8.91. The zero-order chi connectivity index (χ0) is 21.8. The monoisotopic (exact) mass is 437 g/mol. The summed E-state index contributed by atoms with van der Waals surface area (Å²) in [6.45, 7) is -0.0611. The van der Waals surface area contributed by atoms with Crippen LogP contribution in [0.2, 0.25) is 0 Å². The van der Waals surface area contributed by atoms with E-state index in [2.05, 4.69) is 5.32 Å². The van der Waals surface area contributed by atoms with Gasteiger partial charge >= 0.3 is 11.7 Å². The molecule has 1 aliphatic carbocycles. The van der Waals surface area contributed by atoms with Crippen molar-refractivity contribution in [3.8, 4) is 0 Å².